The molecule has 4 rings (SSSR count). The molecule has 1 aliphatic heterocycles. The van der Waals surface area contributed by atoms with Gasteiger partial charge in [0, 0.05) is 78.8 Å². The number of allylic oxidation sites excluding steroid dienone is 4. The maximum atomic E-state index is 13.7. The van der Waals surface area contributed by atoms with E-state index in [0.29, 0.717) is 47.1 Å². The lowest BCUT2D eigenvalue weighted by Crippen LogP contribution is -2.30. The van der Waals surface area contributed by atoms with Crippen LogP contribution in [-0.2, 0) is 48.7 Å². The van der Waals surface area contributed by atoms with Gasteiger partial charge in [-0.05, 0) is 135 Å². The first kappa shape index (κ1) is 86.0. The number of nitrogens with one attached hydrogen (secondary N) is 1. The maximum Gasteiger partial charge on any atom is 0.306 e. The average molecular weight is 1420 g/mol. The Morgan fingerprint density at radius 3 is 1.36 bits per heavy atom. The summed E-state index contributed by atoms with van der Waals surface area (Å²) < 4.78 is 92.9. The summed E-state index contributed by atoms with van der Waals surface area (Å²) >= 11 is 0. The molecule has 0 saturated carbocycles. The molecule has 2 aromatic carbocycles. The van der Waals surface area contributed by atoms with Gasteiger partial charge in [-0.25, -0.2) is 17.7 Å². The van der Waals surface area contributed by atoms with Gasteiger partial charge in [0.1, 0.15) is 42.5 Å². The third kappa shape index (κ3) is 35.9. The Kier molecular flexibility index (Phi) is 45.7. The van der Waals surface area contributed by atoms with Crippen LogP contribution in [0.4, 0.5) is 5.69 Å². The van der Waals surface area contributed by atoms with E-state index < -0.39 is 31.1 Å². The number of hydrogen-bond donors (Lipinski definition) is 2. The predicted octanol–water partition coefficient (Wildman–Crippen LogP) is 20.9. The Hall–Kier alpha value is -5.36. The van der Waals surface area contributed by atoms with Crippen molar-refractivity contribution in [3.8, 4) is 22.5 Å². The van der Waals surface area contributed by atoms with Crippen LogP contribution in [0.2, 0.25) is 0 Å². The van der Waals surface area contributed by atoms with Gasteiger partial charge in [0.05, 0.1) is 11.0 Å². The molecule has 558 valence electrons. The second-order valence-corrected chi connectivity index (χ2v) is 30.4. The number of carbonyl (C=O) groups is 3. The minimum absolute atomic E-state index is 0.129. The van der Waals surface area contributed by atoms with Crippen molar-refractivity contribution in [2.75, 3.05) is 50.8 Å². The van der Waals surface area contributed by atoms with Crippen LogP contribution in [0, 0.1) is 0 Å². The van der Waals surface area contributed by atoms with E-state index in [1.54, 1.807) is 0 Å². The van der Waals surface area contributed by atoms with Crippen LogP contribution in [0.5, 0.6) is 0 Å². The molecule has 1 heterocycles. The number of esters is 3. The molecule has 2 aliphatic rings. The van der Waals surface area contributed by atoms with Crippen molar-refractivity contribution in [2.24, 2.45) is 0 Å². The van der Waals surface area contributed by atoms with E-state index in [1.807, 2.05) is 36.4 Å². The summed E-state index contributed by atoms with van der Waals surface area (Å²) in [4.78, 5) is 40.1. The van der Waals surface area contributed by atoms with Crippen LogP contribution in [0.3, 0.4) is 0 Å². The first-order chi connectivity index (χ1) is 48.1. The summed E-state index contributed by atoms with van der Waals surface area (Å²) in [6.07, 6.45) is 52.8. The van der Waals surface area contributed by atoms with Crippen molar-refractivity contribution in [3.63, 3.8) is 0 Å². The number of rotatable bonds is 60. The normalized spacial score (nSPS) is 12.4. The van der Waals surface area contributed by atoms with Gasteiger partial charge >= 0.3 is 17.9 Å². The summed E-state index contributed by atoms with van der Waals surface area (Å²) in [6, 6.07) is 15.5. The number of unbranched alkanes of at least 4 members (excludes halogenated alkanes) is 34. The monoisotopic (exact) mass is 1410 g/mol. The molecule has 99 heavy (non-hydrogen) atoms. The van der Waals surface area contributed by atoms with Crippen molar-refractivity contribution in [1.82, 2.24) is 9.30 Å². The fraction of sp³-hybridized carbons (Fsp3) is 0.683. The highest BCUT2D eigenvalue weighted by atomic mass is 32.2. The molecule has 2 N–H and O–H groups in total. The number of fused-ring (bicyclic) bond motifs is 2. The average Bonchev–Trinajstić information content (AvgIpc) is 0.740. The molecule has 0 fully saturated rings. The summed E-state index contributed by atoms with van der Waals surface area (Å²) in [5, 5.41) is 1.56. The smallest absolute Gasteiger partial charge is 0.306 e. The lowest BCUT2D eigenvalue weighted by Gasteiger charge is -2.22. The molecular weight excluding hydrogens is 1280 g/mol. The van der Waals surface area contributed by atoms with Crippen molar-refractivity contribution in [3.05, 3.63) is 84.3 Å². The van der Waals surface area contributed by atoms with E-state index in [0.717, 1.165) is 191 Å². The van der Waals surface area contributed by atoms with Crippen LogP contribution in [-0.4, -0.2) is 91.3 Å². The highest BCUT2D eigenvalue weighted by Crippen LogP contribution is 2.43. The lowest BCUT2D eigenvalue weighted by atomic mass is 9.93. The highest BCUT2D eigenvalue weighted by molar-refractivity contribution is 7.89. The fourth-order valence-corrected chi connectivity index (χ4v) is 14.9. The van der Waals surface area contributed by atoms with Crippen LogP contribution >= 0.6 is 0 Å². The number of benzene rings is 3. The highest BCUT2D eigenvalue weighted by Gasteiger charge is 2.28. The molecule has 0 radical (unpaired) electrons. The summed E-state index contributed by atoms with van der Waals surface area (Å²) in [5.74, 6) is -0.497. The quantitative estimate of drug-likeness (QED) is 0.00806. The van der Waals surface area contributed by atoms with Crippen LogP contribution < -0.4 is 19.6 Å². The number of nitrogens with zero attached hydrogens (tertiary/aromatic N) is 2. The molecule has 1 aliphatic carbocycles. The van der Waals surface area contributed by atoms with Gasteiger partial charge in [-0.1, -0.05) is 218 Å². The van der Waals surface area contributed by atoms with Crippen LogP contribution in [0.25, 0.3) is 33.4 Å². The first-order valence-electron chi connectivity index (χ1n) is 39.4. The first-order valence-corrected chi connectivity index (χ1v) is 42.3. The Morgan fingerprint density at radius 2 is 0.919 bits per heavy atom. The Labute approximate surface area is 599 Å². The Balaban J connectivity index is 1.11. The molecule has 0 bridgehead atoms. The number of ether oxygens (including phenoxy) is 3. The zero-order valence-corrected chi connectivity index (χ0v) is 64.0. The molecule has 17 heteroatoms. The van der Waals surface area contributed by atoms with Gasteiger partial charge in [0.25, 0.3) is 10.1 Å². The van der Waals surface area contributed by atoms with E-state index in [2.05, 4.69) is 80.0 Å². The van der Waals surface area contributed by atoms with Crippen molar-refractivity contribution in [1.29, 1.82) is 0 Å². The molecule has 2 aromatic rings. The molecule has 0 saturated heterocycles. The fourth-order valence-electron chi connectivity index (χ4n) is 13.0. The third-order valence-corrected chi connectivity index (χ3v) is 21.4. The van der Waals surface area contributed by atoms with E-state index in [-0.39, 0.29) is 61.0 Å². The molecule has 15 nitrogen and oxygen atoms in total. The molecular formula is C82H132N3O12S2+. The number of carbonyl (C=O) groups excluding carboxylic acids is 3. The van der Waals surface area contributed by atoms with Gasteiger partial charge in [-0.3, -0.25) is 18.9 Å². The third-order valence-electron chi connectivity index (χ3n) is 19.1. The Bertz CT molecular complexity index is 3200. The molecule has 0 unspecified atom stereocenters. The molecule has 0 amide bonds. The maximum absolute atomic E-state index is 13.7. The van der Waals surface area contributed by atoms with E-state index in [4.69, 9.17) is 18.6 Å². The van der Waals surface area contributed by atoms with Crippen molar-refractivity contribution >= 4 is 54.7 Å². The zero-order valence-electron chi connectivity index (χ0n) is 62.4. The van der Waals surface area contributed by atoms with Crippen LogP contribution in [0.1, 0.15) is 311 Å². The van der Waals surface area contributed by atoms with Crippen molar-refractivity contribution < 1.29 is 54.4 Å². The van der Waals surface area contributed by atoms with E-state index in [9.17, 15) is 35.8 Å². The zero-order chi connectivity index (χ0) is 71.6. The van der Waals surface area contributed by atoms with Crippen molar-refractivity contribution in [2.45, 2.75) is 327 Å². The summed E-state index contributed by atoms with van der Waals surface area (Å²) in [5.41, 5.74) is 2.77. The Morgan fingerprint density at radius 1 is 0.495 bits per heavy atom. The number of sulfonamides is 1. The topological polar surface area (TPSA) is 199 Å². The standard InChI is InChI=1S/C82H131N3O12S2/c1-7-13-15-17-19-21-23-25-27-30-34-38-42-46-50-54-79(86)94-67-71(96-81(88)56-52-48-44-40-36-31-28-26-24-22-20-18-16-14-8-2)68-95-80(87)55-51-47-43-39-35-32-29-33-37-41-45-49-53-63-83-98(89,90)72-59-62-75(78(66-72)99(91,92)93)82-73-60-57-69(84(9-3)10-4)64-76(73)97-77-65-70(58-61-74(77)82)85(11-5)12-6/h25-28,57-62,64-66,71,83H,7-24,29-56,63,67-68H2,1-6H3/p+1/b27-25-,28-26-/t71-/m1/s1. The van der Waals surface area contributed by atoms with Crippen LogP contribution in [0.15, 0.2) is 93.1 Å². The minimum Gasteiger partial charge on any atom is -0.462 e. The molecule has 0 aromatic heterocycles. The van der Waals surface area contributed by atoms with Gasteiger partial charge < -0.3 is 23.5 Å². The minimum atomic E-state index is -4.91. The largest absolute Gasteiger partial charge is 0.462 e. The summed E-state index contributed by atoms with van der Waals surface area (Å²) in [7, 11) is -9.04. The van der Waals surface area contributed by atoms with Gasteiger partial charge in [0.2, 0.25) is 15.4 Å². The molecule has 1 atom stereocenters. The second-order valence-electron chi connectivity index (χ2n) is 27.2. The lowest BCUT2D eigenvalue weighted by molar-refractivity contribution is -0.167. The van der Waals surface area contributed by atoms with Gasteiger partial charge in [0.15, 0.2) is 6.10 Å². The number of hydrogen-bond acceptors (Lipinski definition) is 12. The van der Waals surface area contributed by atoms with Gasteiger partial charge in [-0.2, -0.15) is 8.42 Å². The SMILES string of the molecule is CCCCCCCC/C=C\CCCCCCCC(=O)OC[C@H](COC(=O)CCCCCCCCCCCCCCCNS(=O)(=O)c1ccc(-c2c3ccc(=[N+](CC)CC)cc-3oc3cc(N(CC)CC)ccc23)c(S(=O)(=O)O)c1)OC(=O)CCCCCCC/C=C\CCCCCCCC. The predicted molar refractivity (Wildman–Crippen MR) is 409 cm³/mol. The van der Waals surface area contributed by atoms with Gasteiger partial charge in [-0.15, -0.1) is 0 Å². The van der Waals surface area contributed by atoms with E-state index in [1.165, 1.54) is 102 Å². The van der Waals surface area contributed by atoms with E-state index >= 15 is 0 Å². The number of anilines is 1. The second kappa shape index (κ2) is 52.6. The summed E-state index contributed by atoms with van der Waals surface area (Å²) in [6.45, 7) is 15.8. The molecule has 0 spiro atoms.